The van der Waals surface area contributed by atoms with E-state index < -0.39 is 35.3 Å². The van der Waals surface area contributed by atoms with Gasteiger partial charge in [-0.1, -0.05) is 0 Å². The third-order valence-corrected chi connectivity index (χ3v) is 3.03. The van der Waals surface area contributed by atoms with Gasteiger partial charge in [0, 0.05) is 0 Å². The van der Waals surface area contributed by atoms with Crippen molar-refractivity contribution in [3.63, 3.8) is 0 Å². The molecule has 0 aliphatic heterocycles. The number of anilines is 2. The number of hydrogen-bond acceptors (Lipinski definition) is 6. The molecule has 12 heteroatoms. The maximum absolute atomic E-state index is 12.8. The number of ether oxygens (including phenoxy) is 1. The van der Waals surface area contributed by atoms with Crippen molar-refractivity contribution in [3.8, 4) is 5.75 Å². The minimum Gasteiger partial charge on any atom is -0.491 e. The molecular formula is C14H13F6N5O. The lowest BCUT2D eigenvalue weighted by Gasteiger charge is -2.17. The minimum absolute atomic E-state index is 0.0299. The van der Waals surface area contributed by atoms with E-state index in [1.165, 1.54) is 0 Å². The van der Waals surface area contributed by atoms with Gasteiger partial charge in [0.05, 0.1) is 17.2 Å². The van der Waals surface area contributed by atoms with Gasteiger partial charge in [-0.3, -0.25) is 0 Å². The van der Waals surface area contributed by atoms with Crippen LogP contribution in [0.3, 0.4) is 0 Å². The number of alkyl halides is 6. The van der Waals surface area contributed by atoms with Gasteiger partial charge >= 0.3 is 12.4 Å². The Morgan fingerprint density at radius 3 is 2.12 bits per heavy atom. The van der Waals surface area contributed by atoms with E-state index in [0.717, 1.165) is 6.33 Å². The molecule has 0 saturated carbocycles. The molecule has 0 aliphatic carbocycles. The average molecular weight is 381 g/mol. The lowest BCUT2D eigenvalue weighted by Crippen LogP contribution is -2.25. The maximum atomic E-state index is 12.8. The van der Waals surface area contributed by atoms with Crippen LogP contribution in [0.2, 0.25) is 0 Å². The Morgan fingerprint density at radius 1 is 1.04 bits per heavy atom. The van der Waals surface area contributed by atoms with Crippen molar-refractivity contribution in [3.05, 3.63) is 35.7 Å². The molecule has 0 radical (unpaired) electrons. The number of aromatic nitrogens is 3. The number of halogens is 6. The molecule has 6 nitrogen and oxygen atoms in total. The standard InChI is InChI=1S/C14H13F6N5O/c1-7(24-12-23-6-22-11(21)25-12)5-26-10-3-8(13(15,16)17)2-9(4-10)14(18,19)20/h2-4,6-7H,5H2,1H3,(H3,21,22,23,24,25). The minimum atomic E-state index is -4.94. The lowest BCUT2D eigenvalue weighted by atomic mass is 10.1. The summed E-state index contributed by atoms with van der Waals surface area (Å²) in [7, 11) is 0. The molecule has 1 atom stereocenters. The van der Waals surface area contributed by atoms with Crippen LogP contribution in [0.1, 0.15) is 18.1 Å². The smallest absolute Gasteiger partial charge is 0.416 e. The Bertz CT molecular complexity index is 732. The first-order chi connectivity index (χ1) is 11.9. The van der Waals surface area contributed by atoms with E-state index in [4.69, 9.17) is 10.5 Å². The van der Waals surface area contributed by atoms with E-state index >= 15 is 0 Å². The van der Waals surface area contributed by atoms with Crippen molar-refractivity contribution in [2.75, 3.05) is 17.7 Å². The number of benzene rings is 1. The van der Waals surface area contributed by atoms with Crippen molar-refractivity contribution < 1.29 is 31.1 Å². The van der Waals surface area contributed by atoms with Gasteiger partial charge in [-0.15, -0.1) is 0 Å². The fourth-order valence-electron chi connectivity index (χ4n) is 1.87. The number of nitrogens with zero attached hydrogens (tertiary/aromatic N) is 3. The first-order valence-electron chi connectivity index (χ1n) is 7.08. The van der Waals surface area contributed by atoms with Crippen molar-refractivity contribution in [1.82, 2.24) is 15.0 Å². The van der Waals surface area contributed by atoms with E-state index in [9.17, 15) is 26.3 Å². The Hall–Kier alpha value is -2.79. The normalized spacial score (nSPS) is 13.3. The highest BCUT2D eigenvalue weighted by atomic mass is 19.4. The zero-order valence-corrected chi connectivity index (χ0v) is 13.2. The fourth-order valence-corrected chi connectivity index (χ4v) is 1.87. The molecule has 1 unspecified atom stereocenters. The predicted octanol–water partition coefficient (Wildman–Crippen LogP) is 3.37. The van der Waals surface area contributed by atoms with Crippen LogP contribution in [0.25, 0.3) is 0 Å². The molecule has 0 aliphatic rings. The molecule has 0 fully saturated rings. The van der Waals surface area contributed by atoms with Crippen LogP contribution in [0, 0.1) is 0 Å². The van der Waals surface area contributed by atoms with Gasteiger partial charge in [-0.05, 0) is 25.1 Å². The van der Waals surface area contributed by atoms with Gasteiger partial charge in [0.1, 0.15) is 18.7 Å². The fraction of sp³-hybridized carbons (Fsp3) is 0.357. The predicted molar refractivity (Wildman–Crippen MR) is 79.3 cm³/mol. The van der Waals surface area contributed by atoms with Crippen LogP contribution in [-0.2, 0) is 12.4 Å². The van der Waals surface area contributed by atoms with Gasteiger partial charge in [-0.2, -0.15) is 31.3 Å². The topological polar surface area (TPSA) is 86.0 Å². The summed E-state index contributed by atoms with van der Waals surface area (Å²) < 4.78 is 81.8. The molecule has 2 aromatic rings. The molecule has 2 rings (SSSR count). The molecule has 1 aromatic heterocycles. The van der Waals surface area contributed by atoms with Gasteiger partial charge in [-0.25, -0.2) is 9.97 Å². The summed E-state index contributed by atoms with van der Waals surface area (Å²) in [5, 5.41) is 2.73. The van der Waals surface area contributed by atoms with Gasteiger partial charge in [0.15, 0.2) is 0 Å². The van der Waals surface area contributed by atoms with Crippen molar-refractivity contribution in [2.45, 2.75) is 25.3 Å². The number of rotatable bonds is 5. The van der Waals surface area contributed by atoms with Crippen LogP contribution in [0.15, 0.2) is 24.5 Å². The molecule has 0 amide bonds. The summed E-state index contributed by atoms with van der Waals surface area (Å²) in [5.41, 5.74) is 2.47. The molecule has 0 bridgehead atoms. The quantitative estimate of drug-likeness (QED) is 0.773. The zero-order chi connectivity index (χ0) is 19.5. The van der Waals surface area contributed by atoms with E-state index in [-0.39, 0.29) is 24.6 Å². The molecule has 142 valence electrons. The Balaban J connectivity index is 2.13. The molecule has 0 spiro atoms. The van der Waals surface area contributed by atoms with E-state index in [0.29, 0.717) is 12.1 Å². The summed E-state index contributed by atoms with van der Waals surface area (Å²) >= 11 is 0. The maximum Gasteiger partial charge on any atom is 0.416 e. The molecule has 1 aromatic carbocycles. The van der Waals surface area contributed by atoms with Gasteiger partial charge < -0.3 is 15.8 Å². The van der Waals surface area contributed by atoms with Crippen LogP contribution < -0.4 is 15.8 Å². The molecule has 1 heterocycles. The average Bonchev–Trinajstić information content (AvgIpc) is 2.51. The highest BCUT2D eigenvalue weighted by molar-refractivity contribution is 5.37. The SMILES string of the molecule is CC(COc1cc(C(F)(F)F)cc(C(F)(F)F)c1)Nc1ncnc(N)n1. The second-order valence-corrected chi connectivity index (χ2v) is 5.27. The largest absolute Gasteiger partial charge is 0.491 e. The Labute approximate surface area is 143 Å². The van der Waals surface area contributed by atoms with Crippen molar-refractivity contribution in [1.29, 1.82) is 0 Å². The number of nitrogen functional groups attached to an aromatic ring is 1. The monoisotopic (exact) mass is 381 g/mol. The zero-order valence-electron chi connectivity index (χ0n) is 13.2. The van der Waals surface area contributed by atoms with Gasteiger partial charge in [0.2, 0.25) is 11.9 Å². The van der Waals surface area contributed by atoms with E-state index in [1.54, 1.807) is 6.92 Å². The summed E-state index contributed by atoms with van der Waals surface area (Å²) in [6.07, 6.45) is -8.74. The van der Waals surface area contributed by atoms with E-state index in [2.05, 4.69) is 20.3 Å². The van der Waals surface area contributed by atoms with Gasteiger partial charge in [0.25, 0.3) is 0 Å². The summed E-state index contributed by atoms with van der Waals surface area (Å²) in [4.78, 5) is 11.1. The van der Waals surface area contributed by atoms with Crippen LogP contribution >= 0.6 is 0 Å². The Morgan fingerprint density at radius 2 is 1.62 bits per heavy atom. The molecular weight excluding hydrogens is 368 g/mol. The Kier molecular flexibility index (Phi) is 5.42. The third-order valence-electron chi connectivity index (χ3n) is 3.03. The molecule has 0 saturated heterocycles. The lowest BCUT2D eigenvalue weighted by molar-refractivity contribution is -0.143. The van der Waals surface area contributed by atoms with Crippen LogP contribution in [-0.4, -0.2) is 27.6 Å². The highest BCUT2D eigenvalue weighted by Gasteiger charge is 2.37. The first kappa shape index (κ1) is 19.5. The molecule has 26 heavy (non-hydrogen) atoms. The number of nitrogens with one attached hydrogen (secondary N) is 1. The third kappa shape index (κ3) is 5.36. The van der Waals surface area contributed by atoms with Crippen molar-refractivity contribution in [2.24, 2.45) is 0 Å². The first-order valence-corrected chi connectivity index (χ1v) is 7.08. The van der Waals surface area contributed by atoms with Crippen LogP contribution in [0.4, 0.5) is 38.2 Å². The van der Waals surface area contributed by atoms with Crippen molar-refractivity contribution >= 4 is 11.9 Å². The van der Waals surface area contributed by atoms with E-state index in [1.807, 2.05) is 0 Å². The highest BCUT2D eigenvalue weighted by Crippen LogP contribution is 2.38. The summed E-state index contributed by atoms with van der Waals surface area (Å²) in [6, 6.07) is 0.495. The summed E-state index contributed by atoms with van der Waals surface area (Å²) in [6.45, 7) is 1.32. The second kappa shape index (κ2) is 7.22. The summed E-state index contributed by atoms with van der Waals surface area (Å²) in [5.74, 6) is -0.520. The second-order valence-electron chi connectivity index (χ2n) is 5.27. The number of hydrogen-bond donors (Lipinski definition) is 2. The molecule has 3 N–H and O–H groups in total. The number of nitrogens with two attached hydrogens (primary N) is 1. The van der Waals surface area contributed by atoms with Crippen LogP contribution in [0.5, 0.6) is 5.75 Å².